The van der Waals surface area contributed by atoms with Gasteiger partial charge in [0.25, 0.3) is 0 Å². The molecule has 1 saturated carbocycles. The van der Waals surface area contributed by atoms with Crippen LogP contribution in [0.2, 0.25) is 0 Å². The van der Waals surface area contributed by atoms with Crippen LogP contribution in [0.5, 0.6) is 0 Å². The lowest BCUT2D eigenvalue weighted by molar-refractivity contribution is 0.245. The molecule has 2 atom stereocenters. The summed E-state index contributed by atoms with van der Waals surface area (Å²) in [6.07, 6.45) is 5.59. The van der Waals surface area contributed by atoms with E-state index >= 15 is 0 Å². The fourth-order valence-corrected chi connectivity index (χ4v) is 5.99. The van der Waals surface area contributed by atoms with Crippen molar-refractivity contribution in [2.24, 2.45) is 0 Å². The van der Waals surface area contributed by atoms with Gasteiger partial charge in [0, 0.05) is 5.54 Å². The first kappa shape index (κ1) is 15.4. The molecule has 4 nitrogen and oxygen atoms in total. The largest absolute Gasteiger partial charge is 0.242 e. The van der Waals surface area contributed by atoms with Crippen LogP contribution in [0, 0.1) is 0 Å². The Morgan fingerprint density at radius 1 is 1.16 bits per heavy atom. The summed E-state index contributed by atoms with van der Waals surface area (Å²) >= 11 is 0. The van der Waals surface area contributed by atoms with E-state index < -0.39 is 26.4 Å². The molecule has 2 aliphatic rings. The third kappa shape index (κ3) is 3.05. The zero-order valence-corrected chi connectivity index (χ0v) is 13.7. The molecule has 1 unspecified atom stereocenters. The molecule has 112 valence electrons. The quantitative estimate of drug-likeness (QED) is 0.866. The molecule has 1 N–H and O–H groups in total. The van der Waals surface area contributed by atoms with E-state index in [4.69, 9.17) is 0 Å². The summed E-state index contributed by atoms with van der Waals surface area (Å²) in [6, 6.07) is 0. The second kappa shape index (κ2) is 5.11. The Labute approximate surface area is 119 Å². The second-order valence-electron chi connectivity index (χ2n) is 6.84. The number of sulfone groups is 1. The van der Waals surface area contributed by atoms with Crippen molar-refractivity contribution in [3.63, 3.8) is 0 Å². The monoisotopic (exact) mass is 307 g/mol. The van der Waals surface area contributed by atoms with Crippen LogP contribution in [0.4, 0.5) is 0 Å². The second-order valence-corrected chi connectivity index (χ2v) is 11.1. The van der Waals surface area contributed by atoms with Crippen molar-refractivity contribution in [1.82, 2.24) is 4.72 Å². The number of rotatable bonds is 3. The highest BCUT2D eigenvalue weighted by molar-refractivity contribution is 7.93. The van der Waals surface area contributed by atoms with Crippen molar-refractivity contribution in [2.45, 2.75) is 74.8 Å². The molecule has 2 rings (SSSR count). The van der Waals surface area contributed by atoms with Crippen LogP contribution in [0.3, 0.4) is 0 Å². The van der Waals surface area contributed by atoms with E-state index in [-0.39, 0.29) is 10.00 Å². The third-order valence-corrected chi connectivity index (χ3v) is 8.38. The maximum atomic E-state index is 12.4. The van der Waals surface area contributed by atoms with Gasteiger partial charge in [-0.05, 0) is 40.0 Å². The van der Waals surface area contributed by atoms with E-state index in [1.54, 1.807) is 0 Å². The van der Waals surface area contributed by atoms with E-state index in [9.17, 15) is 12.6 Å². The molecule has 0 bridgehead atoms. The normalized spacial score (nSPS) is 31.4. The SMILES string of the molecule is CC(C)(C)S(=O)NC1([C@H]2CCS2(=O)=O)CCCCC1. The Balaban J connectivity index is 2.23. The van der Waals surface area contributed by atoms with E-state index in [2.05, 4.69) is 4.72 Å². The topological polar surface area (TPSA) is 63.2 Å². The van der Waals surface area contributed by atoms with Crippen molar-refractivity contribution >= 4 is 20.8 Å². The highest BCUT2D eigenvalue weighted by Crippen LogP contribution is 2.41. The summed E-state index contributed by atoms with van der Waals surface area (Å²) < 4.78 is 39.3. The van der Waals surface area contributed by atoms with Crippen molar-refractivity contribution in [3.8, 4) is 0 Å². The van der Waals surface area contributed by atoms with E-state index in [1.165, 1.54) is 0 Å². The summed E-state index contributed by atoms with van der Waals surface area (Å²) in [6.45, 7) is 5.76. The summed E-state index contributed by atoms with van der Waals surface area (Å²) in [5, 5.41) is -0.327. The van der Waals surface area contributed by atoms with Gasteiger partial charge in [0.1, 0.15) is 0 Å². The number of nitrogens with one attached hydrogen (secondary N) is 1. The number of hydrogen-bond acceptors (Lipinski definition) is 3. The fourth-order valence-electron chi connectivity index (χ4n) is 3.06. The minimum atomic E-state index is -2.97. The Bertz CT molecular complexity index is 459. The van der Waals surface area contributed by atoms with Gasteiger partial charge in [-0.2, -0.15) is 0 Å². The maximum Gasteiger partial charge on any atom is 0.155 e. The van der Waals surface area contributed by atoms with Gasteiger partial charge in [0.2, 0.25) is 0 Å². The predicted molar refractivity (Wildman–Crippen MR) is 79.0 cm³/mol. The molecular formula is C13H25NO3S2. The molecule has 1 aliphatic carbocycles. The van der Waals surface area contributed by atoms with Crippen LogP contribution in [-0.2, 0) is 20.8 Å². The Kier molecular flexibility index (Phi) is 4.16. The van der Waals surface area contributed by atoms with Crippen LogP contribution in [-0.4, -0.2) is 33.9 Å². The van der Waals surface area contributed by atoms with E-state index in [1.807, 2.05) is 20.8 Å². The van der Waals surface area contributed by atoms with Gasteiger partial charge >= 0.3 is 0 Å². The van der Waals surface area contributed by atoms with Gasteiger partial charge in [-0.15, -0.1) is 0 Å². The molecule has 0 aromatic rings. The van der Waals surface area contributed by atoms with Crippen LogP contribution in [0.1, 0.15) is 59.3 Å². The summed E-state index contributed by atoms with van der Waals surface area (Å²) in [5.41, 5.74) is -0.451. The molecule has 1 saturated heterocycles. The molecule has 1 heterocycles. The van der Waals surface area contributed by atoms with Crippen molar-refractivity contribution in [3.05, 3.63) is 0 Å². The zero-order valence-electron chi connectivity index (χ0n) is 12.1. The van der Waals surface area contributed by atoms with Gasteiger partial charge in [0.15, 0.2) is 9.84 Å². The van der Waals surface area contributed by atoms with Gasteiger partial charge in [-0.25, -0.2) is 17.3 Å². The summed E-state index contributed by atoms with van der Waals surface area (Å²) in [7, 11) is -4.18. The first-order valence-electron chi connectivity index (χ1n) is 7.09. The first-order chi connectivity index (χ1) is 8.67. The van der Waals surface area contributed by atoms with Gasteiger partial charge in [0.05, 0.1) is 26.7 Å². The van der Waals surface area contributed by atoms with E-state index in [0.717, 1.165) is 38.5 Å². The van der Waals surface area contributed by atoms with E-state index in [0.29, 0.717) is 5.75 Å². The summed E-state index contributed by atoms with van der Waals surface area (Å²) in [5.74, 6) is 0.295. The van der Waals surface area contributed by atoms with Crippen molar-refractivity contribution in [1.29, 1.82) is 0 Å². The molecular weight excluding hydrogens is 282 g/mol. The molecule has 0 aromatic carbocycles. The van der Waals surface area contributed by atoms with Gasteiger partial charge in [-0.1, -0.05) is 19.3 Å². The standard InChI is InChI=1S/C13H25NO3S2/c1-12(2,3)18(15)14-13(8-5-4-6-9-13)11-7-10-19(11,16)17/h11,14H,4-10H2,1-3H3/t11-,18?/m1/s1. The smallest absolute Gasteiger partial charge is 0.155 e. The molecule has 0 aromatic heterocycles. The van der Waals surface area contributed by atoms with Crippen LogP contribution in [0.15, 0.2) is 0 Å². The molecule has 19 heavy (non-hydrogen) atoms. The fraction of sp³-hybridized carbons (Fsp3) is 1.00. The Hall–Kier alpha value is 0.0600. The van der Waals surface area contributed by atoms with Crippen LogP contribution < -0.4 is 4.72 Å². The Morgan fingerprint density at radius 2 is 1.74 bits per heavy atom. The molecule has 0 radical (unpaired) electrons. The van der Waals surface area contributed by atoms with Crippen molar-refractivity contribution in [2.75, 3.05) is 5.75 Å². The average molecular weight is 307 g/mol. The minimum Gasteiger partial charge on any atom is -0.242 e. The third-order valence-electron chi connectivity index (χ3n) is 4.31. The van der Waals surface area contributed by atoms with Gasteiger partial charge < -0.3 is 0 Å². The first-order valence-corrected chi connectivity index (χ1v) is 9.95. The predicted octanol–water partition coefficient (Wildman–Crippen LogP) is 1.93. The molecule has 0 amide bonds. The molecule has 2 fully saturated rings. The molecule has 6 heteroatoms. The van der Waals surface area contributed by atoms with Gasteiger partial charge in [-0.3, -0.25) is 0 Å². The maximum absolute atomic E-state index is 12.4. The molecule has 0 spiro atoms. The molecule has 1 aliphatic heterocycles. The average Bonchev–Trinajstić information content (AvgIpc) is 2.27. The summed E-state index contributed by atoms with van der Waals surface area (Å²) in [4.78, 5) is 0. The highest BCUT2D eigenvalue weighted by atomic mass is 32.2. The van der Waals surface area contributed by atoms with Crippen molar-refractivity contribution < 1.29 is 12.6 Å². The lowest BCUT2D eigenvalue weighted by Gasteiger charge is -2.47. The number of hydrogen-bond donors (Lipinski definition) is 1. The lowest BCUT2D eigenvalue weighted by atomic mass is 9.79. The zero-order chi connectivity index (χ0) is 14.3. The minimum absolute atomic E-state index is 0.295. The van der Waals surface area contributed by atoms with Crippen LogP contribution >= 0.6 is 0 Å². The van der Waals surface area contributed by atoms with Crippen LogP contribution in [0.25, 0.3) is 0 Å². The Morgan fingerprint density at radius 3 is 2.11 bits per heavy atom. The highest BCUT2D eigenvalue weighted by Gasteiger charge is 2.52. The lowest BCUT2D eigenvalue weighted by Crippen LogP contribution is -2.64.